The second-order valence-corrected chi connectivity index (χ2v) is 11.0. The Morgan fingerprint density at radius 3 is 2.21 bits per heavy atom. The quantitative estimate of drug-likeness (QED) is 0.323. The first kappa shape index (κ1) is 31.5. The minimum absolute atomic E-state index is 0.180. The molecular weight excluding hydrogens is 500 g/mol. The molecule has 2 rings (SSSR count). The lowest BCUT2D eigenvalue weighted by Gasteiger charge is -2.27. The Morgan fingerprint density at radius 2 is 1.56 bits per heavy atom. The van der Waals surface area contributed by atoms with Crippen molar-refractivity contribution < 1.29 is 28.5 Å². The molecule has 0 aliphatic rings. The predicted molar refractivity (Wildman–Crippen MR) is 153 cm³/mol. The average molecular weight is 545 g/mol. The number of carbonyl (C=O) groups excluding carboxylic acids is 2. The summed E-state index contributed by atoms with van der Waals surface area (Å²) < 4.78 is 21.5. The van der Waals surface area contributed by atoms with Gasteiger partial charge in [0.1, 0.15) is 17.0 Å². The van der Waals surface area contributed by atoms with Crippen LogP contribution in [0.5, 0.6) is 11.5 Å². The fourth-order valence-corrected chi connectivity index (χ4v) is 3.60. The van der Waals surface area contributed by atoms with Crippen LogP contribution in [0.2, 0.25) is 0 Å². The number of carbonyl (C=O) groups is 2. The highest BCUT2D eigenvalue weighted by Gasteiger charge is 2.25. The second-order valence-electron chi connectivity index (χ2n) is 11.0. The summed E-state index contributed by atoms with van der Waals surface area (Å²) in [6.45, 7) is 12.0. The van der Waals surface area contributed by atoms with Gasteiger partial charge in [0.05, 0.1) is 14.2 Å². The first-order chi connectivity index (χ1) is 18.3. The number of nitrogens with one attached hydrogen (secondary N) is 2. The number of hydrogen-bond donors (Lipinski definition) is 2. The van der Waals surface area contributed by atoms with Crippen molar-refractivity contribution in [2.45, 2.75) is 72.0 Å². The van der Waals surface area contributed by atoms with Gasteiger partial charge in [-0.2, -0.15) is 0 Å². The number of pyridine rings is 1. The van der Waals surface area contributed by atoms with E-state index >= 15 is 0 Å². The maximum absolute atomic E-state index is 13.0. The number of methoxy groups -OCH3 is 2. The molecule has 0 radical (unpaired) electrons. The number of rotatable bonds is 12. The van der Waals surface area contributed by atoms with Crippen LogP contribution in [-0.4, -0.2) is 62.2 Å². The highest BCUT2D eigenvalue weighted by atomic mass is 16.6. The molecule has 0 aliphatic carbocycles. The molecule has 2 aromatic rings. The average Bonchev–Trinajstić information content (AvgIpc) is 2.84. The number of amides is 2. The van der Waals surface area contributed by atoms with Gasteiger partial charge in [-0.25, -0.2) is 14.6 Å². The van der Waals surface area contributed by atoms with Crippen LogP contribution in [0.15, 0.2) is 36.5 Å². The summed E-state index contributed by atoms with van der Waals surface area (Å²) >= 11 is 0. The van der Waals surface area contributed by atoms with E-state index in [1.165, 1.54) is 4.90 Å². The number of unbranched alkanes of at least 4 members (excludes halogenated alkanes) is 1. The van der Waals surface area contributed by atoms with Gasteiger partial charge < -0.3 is 29.6 Å². The van der Waals surface area contributed by atoms with Crippen molar-refractivity contribution in [1.82, 2.24) is 10.3 Å². The lowest BCUT2D eigenvalue weighted by atomic mass is 10.1. The molecule has 0 saturated heterocycles. The first-order valence-corrected chi connectivity index (χ1v) is 13.2. The van der Waals surface area contributed by atoms with Gasteiger partial charge in [-0.1, -0.05) is 0 Å². The molecule has 39 heavy (non-hydrogen) atoms. The molecule has 0 bridgehead atoms. The molecule has 1 aromatic heterocycles. The highest BCUT2D eigenvalue weighted by Crippen LogP contribution is 2.29. The summed E-state index contributed by atoms with van der Waals surface area (Å²) in [6.07, 6.45) is 3.32. The molecule has 0 spiro atoms. The number of benzene rings is 1. The van der Waals surface area contributed by atoms with E-state index in [4.69, 9.17) is 18.9 Å². The number of aromatic nitrogens is 1. The molecule has 216 valence electrons. The normalized spacial score (nSPS) is 11.4. The van der Waals surface area contributed by atoms with Crippen molar-refractivity contribution in [2.75, 3.05) is 44.1 Å². The third kappa shape index (κ3) is 11.7. The Hall–Kier alpha value is -3.69. The fourth-order valence-electron chi connectivity index (χ4n) is 3.60. The van der Waals surface area contributed by atoms with Gasteiger partial charge >= 0.3 is 12.2 Å². The van der Waals surface area contributed by atoms with Crippen LogP contribution in [0.3, 0.4) is 0 Å². The van der Waals surface area contributed by atoms with Crippen molar-refractivity contribution in [3.05, 3.63) is 42.1 Å². The summed E-state index contributed by atoms with van der Waals surface area (Å²) in [7, 11) is 3.23. The summed E-state index contributed by atoms with van der Waals surface area (Å²) in [5.41, 5.74) is 0.737. The predicted octanol–water partition coefficient (Wildman–Crippen LogP) is 5.80. The number of nitrogens with zero attached hydrogens (tertiary/aromatic N) is 2. The molecule has 0 atom stereocenters. The minimum Gasteiger partial charge on any atom is -0.493 e. The lowest BCUT2D eigenvalue weighted by Crippen LogP contribution is -2.43. The molecule has 0 fully saturated rings. The standard InChI is InChI=1S/C29H44N4O6/c1-28(2,3)38-26(34)32-17-18-33(27(35)39-29(4,5)6)25-19-21(14-16-31-25)11-9-10-15-30-22-12-13-23(36-7)24(20-22)37-8/h12-14,16,19-20,30H,9-11,15,17-18H2,1-8H3,(H,32,34). The summed E-state index contributed by atoms with van der Waals surface area (Å²) in [4.78, 5) is 30.9. The molecule has 2 N–H and O–H groups in total. The minimum atomic E-state index is -0.674. The molecule has 1 aromatic carbocycles. The van der Waals surface area contributed by atoms with Gasteiger partial charge in [0.2, 0.25) is 0 Å². The van der Waals surface area contributed by atoms with E-state index in [1.807, 2.05) is 51.1 Å². The van der Waals surface area contributed by atoms with Gasteiger partial charge in [0, 0.05) is 37.6 Å². The molecule has 10 heteroatoms. The zero-order valence-electron chi connectivity index (χ0n) is 24.6. The highest BCUT2D eigenvalue weighted by molar-refractivity contribution is 5.86. The Kier molecular flexibility index (Phi) is 11.7. The molecular formula is C29H44N4O6. The van der Waals surface area contributed by atoms with Crippen LogP contribution in [0.4, 0.5) is 21.1 Å². The number of anilines is 2. The maximum Gasteiger partial charge on any atom is 0.416 e. The summed E-state index contributed by atoms with van der Waals surface area (Å²) in [6, 6.07) is 9.58. The number of alkyl carbamates (subject to hydrolysis) is 1. The zero-order chi connectivity index (χ0) is 29.1. The van der Waals surface area contributed by atoms with Gasteiger partial charge in [-0.05, 0) is 90.6 Å². The van der Waals surface area contributed by atoms with E-state index in [0.29, 0.717) is 17.3 Å². The van der Waals surface area contributed by atoms with Crippen LogP contribution >= 0.6 is 0 Å². The van der Waals surface area contributed by atoms with Crippen molar-refractivity contribution in [2.24, 2.45) is 0 Å². The summed E-state index contributed by atoms with van der Waals surface area (Å²) in [5, 5.41) is 6.09. The largest absolute Gasteiger partial charge is 0.493 e. The maximum atomic E-state index is 13.0. The van der Waals surface area contributed by atoms with Crippen LogP contribution < -0.4 is 25.0 Å². The van der Waals surface area contributed by atoms with Gasteiger partial charge in [0.25, 0.3) is 0 Å². The Balaban J connectivity index is 1.96. The van der Waals surface area contributed by atoms with Crippen LogP contribution in [0, 0.1) is 0 Å². The van der Waals surface area contributed by atoms with E-state index in [0.717, 1.165) is 37.1 Å². The monoisotopic (exact) mass is 544 g/mol. The fraction of sp³-hybridized carbons (Fsp3) is 0.552. The van der Waals surface area contributed by atoms with Crippen LogP contribution in [0.25, 0.3) is 0 Å². The molecule has 0 aliphatic heterocycles. The number of aryl methyl sites for hydroxylation is 1. The van der Waals surface area contributed by atoms with Gasteiger partial charge in [0.15, 0.2) is 11.5 Å². The summed E-state index contributed by atoms with van der Waals surface area (Å²) in [5.74, 6) is 1.84. The van der Waals surface area contributed by atoms with Crippen molar-refractivity contribution in [3.63, 3.8) is 0 Å². The van der Waals surface area contributed by atoms with Crippen molar-refractivity contribution in [1.29, 1.82) is 0 Å². The SMILES string of the molecule is COc1ccc(NCCCCc2ccnc(N(CCNC(=O)OC(C)(C)C)C(=O)OC(C)(C)C)c2)cc1OC. The van der Waals surface area contributed by atoms with E-state index in [-0.39, 0.29) is 13.1 Å². The van der Waals surface area contributed by atoms with Crippen LogP contribution in [-0.2, 0) is 15.9 Å². The van der Waals surface area contributed by atoms with Gasteiger partial charge in [-0.15, -0.1) is 0 Å². The molecule has 10 nitrogen and oxygen atoms in total. The third-order valence-corrected chi connectivity index (χ3v) is 5.31. The Bertz CT molecular complexity index is 1080. The third-order valence-electron chi connectivity index (χ3n) is 5.31. The second kappa shape index (κ2) is 14.5. The lowest BCUT2D eigenvalue weighted by molar-refractivity contribution is 0.0512. The van der Waals surface area contributed by atoms with Crippen molar-refractivity contribution in [3.8, 4) is 11.5 Å². The van der Waals surface area contributed by atoms with E-state index < -0.39 is 23.4 Å². The van der Waals surface area contributed by atoms with Crippen LogP contribution in [0.1, 0.15) is 59.9 Å². The molecule has 1 heterocycles. The van der Waals surface area contributed by atoms with E-state index in [9.17, 15) is 9.59 Å². The molecule has 0 unspecified atom stereocenters. The molecule has 2 amide bonds. The Labute approximate surface area is 232 Å². The molecule has 0 saturated carbocycles. The number of ether oxygens (including phenoxy) is 4. The first-order valence-electron chi connectivity index (χ1n) is 13.2. The van der Waals surface area contributed by atoms with Gasteiger partial charge in [-0.3, -0.25) is 4.90 Å². The van der Waals surface area contributed by atoms with Crippen molar-refractivity contribution >= 4 is 23.7 Å². The number of hydrogen-bond acceptors (Lipinski definition) is 8. The topological polar surface area (TPSA) is 111 Å². The zero-order valence-corrected chi connectivity index (χ0v) is 24.6. The van der Waals surface area contributed by atoms with E-state index in [1.54, 1.807) is 41.2 Å². The van der Waals surface area contributed by atoms with E-state index in [2.05, 4.69) is 15.6 Å². The Morgan fingerprint density at radius 1 is 0.872 bits per heavy atom. The smallest absolute Gasteiger partial charge is 0.416 e.